The van der Waals surface area contributed by atoms with E-state index in [1.165, 1.54) is 11.3 Å². The van der Waals surface area contributed by atoms with Gasteiger partial charge in [0, 0.05) is 6.54 Å². The average Bonchev–Trinajstić information content (AvgIpc) is 2.53. The Morgan fingerprint density at radius 3 is 3.23 bits per heavy atom. The molecule has 1 aliphatic heterocycles. The van der Waals surface area contributed by atoms with Gasteiger partial charge in [0.15, 0.2) is 5.13 Å². The monoisotopic (exact) mass is 199 g/mol. The number of nitrogen functional groups attached to an aromatic ring is 1. The van der Waals surface area contributed by atoms with Crippen LogP contribution in [0.5, 0.6) is 0 Å². The van der Waals surface area contributed by atoms with E-state index in [2.05, 4.69) is 16.8 Å². The van der Waals surface area contributed by atoms with Gasteiger partial charge in [-0.3, -0.25) is 0 Å². The highest BCUT2D eigenvalue weighted by Crippen LogP contribution is 2.26. The van der Waals surface area contributed by atoms with Crippen LogP contribution < -0.4 is 10.6 Å². The first kappa shape index (κ1) is 8.77. The number of morpholine rings is 1. The number of anilines is 2. The molecule has 1 unspecified atom stereocenters. The fourth-order valence-corrected chi connectivity index (χ4v) is 2.23. The van der Waals surface area contributed by atoms with Gasteiger partial charge in [-0.25, -0.2) is 4.98 Å². The van der Waals surface area contributed by atoms with Crippen LogP contribution in [-0.4, -0.2) is 30.8 Å². The van der Waals surface area contributed by atoms with Crippen molar-refractivity contribution in [1.29, 1.82) is 0 Å². The maximum Gasteiger partial charge on any atom is 0.187 e. The molecule has 72 valence electrons. The number of nitrogens with zero attached hydrogens (tertiary/aromatic N) is 2. The number of thiazole rings is 1. The number of nitrogens with two attached hydrogens (primary N) is 1. The molecule has 1 fully saturated rings. The SMILES string of the molecule is CC1COCCN1c1ncc(N)s1. The molecule has 0 radical (unpaired) electrons. The van der Waals surface area contributed by atoms with Gasteiger partial charge in [0.2, 0.25) is 0 Å². The Bertz CT molecular complexity index is 289. The molecule has 0 aliphatic carbocycles. The summed E-state index contributed by atoms with van der Waals surface area (Å²) in [5.74, 6) is 0. The van der Waals surface area contributed by atoms with E-state index >= 15 is 0 Å². The van der Waals surface area contributed by atoms with E-state index in [9.17, 15) is 0 Å². The zero-order chi connectivity index (χ0) is 9.26. The molecule has 4 nitrogen and oxygen atoms in total. The lowest BCUT2D eigenvalue weighted by molar-refractivity contribution is 0.0989. The fraction of sp³-hybridized carbons (Fsp3) is 0.625. The first-order valence-electron chi connectivity index (χ1n) is 4.33. The molecule has 0 amide bonds. The second kappa shape index (κ2) is 3.51. The minimum Gasteiger partial charge on any atom is -0.389 e. The van der Waals surface area contributed by atoms with Crippen molar-refractivity contribution in [1.82, 2.24) is 4.98 Å². The molecule has 2 heterocycles. The van der Waals surface area contributed by atoms with E-state index in [0.29, 0.717) is 6.04 Å². The zero-order valence-corrected chi connectivity index (χ0v) is 8.38. The molecule has 2 N–H and O–H groups in total. The lowest BCUT2D eigenvalue weighted by atomic mass is 10.3. The predicted octanol–water partition coefficient (Wildman–Crippen LogP) is 0.950. The minimum atomic E-state index is 0.402. The summed E-state index contributed by atoms with van der Waals surface area (Å²) in [5.41, 5.74) is 5.63. The summed E-state index contributed by atoms with van der Waals surface area (Å²) in [7, 11) is 0. The van der Waals surface area contributed by atoms with Gasteiger partial charge in [-0.15, -0.1) is 0 Å². The Hall–Kier alpha value is -0.810. The Labute approximate surface area is 81.3 Å². The van der Waals surface area contributed by atoms with Gasteiger partial charge in [-0.05, 0) is 6.92 Å². The van der Waals surface area contributed by atoms with Gasteiger partial charge in [-0.1, -0.05) is 11.3 Å². The van der Waals surface area contributed by atoms with Crippen LogP contribution in [0.2, 0.25) is 0 Å². The highest BCUT2D eigenvalue weighted by Gasteiger charge is 2.21. The van der Waals surface area contributed by atoms with Crippen LogP contribution in [0.25, 0.3) is 0 Å². The number of hydrogen-bond donors (Lipinski definition) is 1. The standard InChI is InChI=1S/C8H13N3OS/c1-6-5-12-3-2-11(6)8-10-4-7(9)13-8/h4,6H,2-3,5,9H2,1H3. The molecule has 2 rings (SSSR count). The van der Waals surface area contributed by atoms with Crippen molar-refractivity contribution >= 4 is 21.5 Å². The summed E-state index contributed by atoms with van der Waals surface area (Å²) in [6.45, 7) is 4.61. The highest BCUT2D eigenvalue weighted by molar-refractivity contribution is 7.19. The van der Waals surface area contributed by atoms with E-state index < -0.39 is 0 Å². The first-order valence-corrected chi connectivity index (χ1v) is 5.14. The van der Waals surface area contributed by atoms with Crippen molar-refractivity contribution in [3.8, 4) is 0 Å². The summed E-state index contributed by atoms with van der Waals surface area (Å²) < 4.78 is 5.34. The molecule has 5 heteroatoms. The van der Waals surface area contributed by atoms with E-state index in [0.717, 1.165) is 29.9 Å². The van der Waals surface area contributed by atoms with Crippen LogP contribution in [0.3, 0.4) is 0 Å². The Balaban J connectivity index is 2.14. The van der Waals surface area contributed by atoms with Gasteiger partial charge in [-0.2, -0.15) is 0 Å². The third-order valence-corrected chi connectivity index (χ3v) is 2.99. The normalized spacial score (nSPS) is 23.5. The van der Waals surface area contributed by atoms with Crippen LogP contribution in [0.1, 0.15) is 6.92 Å². The van der Waals surface area contributed by atoms with Crippen LogP contribution >= 0.6 is 11.3 Å². The molecule has 1 aliphatic rings. The van der Waals surface area contributed by atoms with Crippen LogP contribution in [-0.2, 0) is 4.74 Å². The number of rotatable bonds is 1. The number of hydrogen-bond acceptors (Lipinski definition) is 5. The second-order valence-corrected chi connectivity index (χ2v) is 4.20. The van der Waals surface area contributed by atoms with Crippen molar-refractivity contribution in [2.75, 3.05) is 30.4 Å². The van der Waals surface area contributed by atoms with Gasteiger partial charge in [0.05, 0.1) is 25.5 Å². The third kappa shape index (κ3) is 1.76. The smallest absolute Gasteiger partial charge is 0.187 e. The minimum absolute atomic E-state index is 0.402. The lowest BCUT2D eigenvalue weighted by Gasteiger charge is -2.32. The van der Waals surface area contributed by atoms with Crippen molar-refractivity contribution < 1.29 is 4.74 Å². The van der Waals surface area contributed by atoms with E-state index in [-0.39, 0.29) is 0 Å². The second-order valence-electron chi connectivity index (χ2n) is 3.16. The predicted molar refractivity (Wildman–Crippen MR) is 54.2 cm³/mol. The van der Waals surface area contributed by atoms with Crippen LogP contribution in [0.4, 0.5) is 10.1 Å². The summed E-state index contributed by atoms with van der Waals surface area (Å²) in [6, 6.07) is 0.402. The molecule has 1 saturated heterocycles. The molecule has 0 aromatic carbocycles. The van der Waals surface area contributed by atoms with Crippen LogP contribution in [0, 0.1) is 0 Å². The van der Waals surface area contributed by atoms with Crippen LogP contribution in [0.15, 0.2) is 6.20 Å². The number of aromatic nitrogens is 1. The summed E-state index contributed by atoms with van der Waals surface area (Å²) in [4.78, 5) is 6.49. The molecule has 0 saturated carbocycles. The lowest BCUT2D eigenvalue weighted by Crippen LogP contribution is -2.43. The maximum atomic E-state index is 5.63. The summed E-state index contributed by atoms with van der Waals surface area (Å²) >= 11 is 1.54. The molecule has 1 atom stereocenters. The molecule has 1 aromatic heterocycles. The first-order chi connectivity index (χ1) is 6.27. The molecule has 0 bridgehead atoms. The molecule has 13 heavy (non-hydrogen) atoms. The molecule has 1 aromatic rings. The van der Waals surface area contributed by atoms with Crippen molar-refractivity contribution in [3.05, 3.63) is 6.20 Å². The summed E-state index contributed by atoms with van der Waals surface area (Å²) in [6.07, 6.45) is 1.71. The van der Waals surface area contributed by atoms with Crippen molar-refractivity contribution in [3.63, 3.8) is 0 Å². The number of ether oxygens (including phenoxy) is 1. The average molecular weight is 199 g/mol. The zero-order valence-electron chi connectivity index (χ0n) is 7.56. The van der Waals surface area contributed by atoms with Gasteiger partial charge >= 0.3 is 0 Å². The topological polar surface area (TPSA) is 51.4 Å². The van der Waals surface area contributed by atoms with Gasteiger partial charge in [0.1, 0.15) is 5.00 Å². The largest absolute Gasteiger partial charge is 0.389 e. The van der Waals surface area contributed by atoms with E-state index in [4.69, 9.17) is 10.5 Å². The highest BCUT2D eigenvalue weighted by atomic mass is 32.1. The van der Waals surface area contributed by atoms with Crippen molar-refractivity contribution in [2.24, 2.45) is 0 Å². The fourth-order valence-electron chi connectivity index (χ4n) is 1.42. The van der Waals surface area contributed by atoms with E-state index in [1.807, 2.05) is 0 Å². The quantitative estimate of drug-likeness (QED) is 0.731. The Morgan fingerprint density at radius 2 is 2.62 bits per heavy atom. The van der Waals surface area contributed by atoms with Crippen molar-refractivity contribution in [2.45, 2.75) is 13.0 Å². The van der Waals surface area contributed by atoms with Gasteiger partial charge < -0.3 is 15.4 Å². The Kier molecular flexibility index (Phi) is 2.37. The molecular formula is C8H13N3OS. The molecular weight excluding hydrogens is 186 g/mol. The molecule has 0 spiro atoms. The van der Waals surface area contributed by atoms with Gasteiger partial charge in [0.25, 0.3) is 0 Å². The maximum absolute atomic E-state index is 5.63. The summed E-state index contributed by atoms with van der Waals surface area (Å²) in [5, 5.41) is 1.78. The Morgan fingerprint density at radius 1 is 1.77 bits per heavy atom. The van der Waals surface area contributed by atoms with E-state index in [1.54, 1.807) is 6.20 Å². The third-order valence-electron chi connectivity index (χ3n) is 2.12.